The smallest absolute Gasteiger partial charge is 0.165 e. The Morgan fingerprint density at radius 3 is 1.58 bits per heavy atom. The Balaban J connectivity index is 1.39. The highest BCUT2D eigenvalue weighted by molar-refractivity contribution is 6.16. The molecule has 6 heteroatoms. The van der Waals surface area contributed by atoms with E-state index in [1.807, 2.05) is 72.8 Å². The number of aromatic nitrogens is 3. The maximum absolute atomic E-state index is 5.52. The monoisotopic (exact) mass is 646 g/mol. The van der Waals surface area contributed by atoms with Crippen molar-refractivity contribution in [2.24, 2.45) is 15.9 Å². The van der Waals surface area contributed by atoms with E-state index in [0.29, 0.717) is 23.4 Å². The molecule has 0 radical (unpaired) electrons. The number of hydrogen-bond acceptors (Lipinski definition) is 6. The van der Waals surface area contributed by atoms with Crippen LogP contribution < -0.4 is 5.32 Å². The van der Waals surface area contributed by atoms with Gasteiger partial charge in [-0.25, -0.2) is 24.9 Å². The van der Waals surface area contributed by atoms with E-state index in [2.05, 4.69) is 97.2 Å². The number of fused-ring (bicyclic) bond motifs is 2. The van der Waals surface area contributed by atoms with Crippen LogP contribution in [0, 0.1) is 5.92 Å². The van der Waals surface area contributed by atoms with Gasteiger partial charge in [0, 0.05) is 22.3 Å². The summed E-state index contributed by atoms with van der Waals surface area (Å²) in [4.78, 5) is 26.9. The van der Waals surface area contributed by atoms with Gasteiger partial charge in [-0.15, -0.1) is 0 Å². The quantitative estimate of drug-likeness (QED) is 0.197. The van der Waals surface area contributed by atoms with Crippen molar-refractivity contribution in [3.8, 4) is 22.8 Å². The SMILES string of the molecule is CC1C=CC2=C(C1)c1ccccc1C2(c1nc(-c2ccccc2)nc(-c2ccccc2)n1)C1N=C(c2ccccc2)NC(c2ccccc2)=N1. The molecule has 0 bridgehead atoms. The molecule has 0 spiro atoms. The molecule has 0 amide bonds. The summed E-state index contributed by atoms with van der Waals surface area (Å²) in [5, 5.41) is 3.60. The average Bonchev–Trinajstić information content (AvgIpc) is 3.49. The van der Waals surface area contributed by atoms with E-state index in [1.54, 1.807) is 0 Å². The molecule has 0 saturated heterocycles. The third kappa shape index (κ3) is 4.99. The fourth-order valence-electron chi connectivity index (χ4n) is 7.47. The van der Waals surface area contributed by atoms with E-state index in [9.17, 15) is 0 Å². The average molecular weight is 647 g/mol. The molecule has 0 saturated carbocycles. The fourth-order valence-corrected chi connectivity index (χ4v) is 7.47. The van der Waals surface area contributed by atoms with Crippen molar-refractivity contribution in [1.82, 2.24) is 20.3 Å². The molecular formula is C44H34N6. The lowest BCUT2D eigenvalue weighted by atomic mass is 9.72. The zero-order valence-electron chi connectivity index (χ0n) is 27.6. The van der Waals surface area contributed by atoms with Crippen LogP contribution in [0.2, 0.25) is 0 Å². The van der Waals surface area contributed by atoms with Crippen LogP contribution in [0.5, 0.6) is 0 Å². The van der Waals surface area contributed by atoms with E-state index in [1.165, 1.54) is 11.1 Å². The lowest BCUT2D eigenvalue weighted by molar-refractivity contribution is 0.465. The van der Waals surface area contributed by atoms with E-state index in [0.717, 1.165) is 51.5 Å². The predicted octanol–water partition coefficient (Wildman–Crippen LogP) is 8.68. The number of benzene rings is 5. The molecule has 50 heavy (non-hydrogen) atoms. The zero-order valence-corrected chi connectivity index (χ0v) is 27.6. The maximum atomic E-state index is 5.52. The Morgan fingerprint density at radius 2 is 1.04 bits per heavy atom. The Labute approximate surface area is 291 Å². The number of hydrogen-bond donors (Lipinski definition) is 1. The molecule has 240 valence electrons. The van der Waals surface area contributed by atoms with Crippen LogP contribution in [-0.2, 0) is 5.41 Å². The van der Waals surface area contributed by atoms with E-state index < -0.39 is 11.6 Å². The molecule has 6 aromatic rings. The number of rotatable bonds is 6. The standard InChI is InChI=1S/C44H34N6/c1-29-26-27-37-35(28-29)34-24-14-15-25-36(34)44(37,42-47-38(30-16-6-2-7-17-30)45-39(48-42)31-18-8-3-9-19-31)43-49-40(32-20-10-4-11-21-32)46-41(50-43)33-22-12-5-13-23-33/h2-27,29,42H,28H2,1H3,(H,45,47,48). The normalized spacial score (nSPS) is 19.7. The zero-order chi connectivity index (χ0) is 33.5. The van der Waals surface area contributed by atoms with Crippen LogP contribution >= 0.6 is 0 Å². The number of aliphatic imine (C=N–C) groups is 2. The van der Waals surface area contributed by atoms with Gasteiger partial charge in [-0.1, -0.05) is 165 Å². The van der Waals surface area contributed by atoms with Crippen molar-refractivity contribution in [3.05, 3.63) is 191 Å². The van der Waals surface area contributed by atoms with Gasteiger partial charge in [-0.3, -0.25) is 0 Å². The van der Waals surface area contributed by atoms with Gasteiger partial charge in [0.25, 0.3) is 0 Å². The minimum atomic E-state index is -0.958. The van der Waals surface area contributed by atoms with Crippen molar-refractivity contribution < 1.29 is 0 Å². The van der Waals surface area contributed by atoms with Crippen LogP contribution in [0.1, 0.15) is 41.4 Å². The molecule has 1 N–H and O–H groups in total. The van der Waals surface area contributed by atoms with Crippen molar-refractivity contribution in [1.29, 1.82) is 0 Å². The summed E-state index contributed by atoms with van der Waals surface area (Å²) >= 11 is 0. The first kappa shape index (κ1) is 29.8. The lowest BCUT2D eigenvalue weighted by Crippen LogP contribution is -2.47. The summed E-state index contributed by atoms with van der Waals surface area (Å²) in [6.07, 6.45) is 4.86. The van der Waals surface area contributed by atoms with Gasteiger partial charge in [0.1, 0.15) is 17.1 Å². The van der Waals surface area contributed by atoms with Gasteiger partial charge in [0.2, 0.25) is 0 Å². The van der Waals surface area contributed by atoms with Crippen molar-refractivity contribution in [2.75, 3.05) is 0 Å². The fraction of sp³-hybridized carbons (Fsp3) is 0.114. The number of nitrogens with one attached hydrogen (secondary N) is 1. The molecule has 1 aliphatic heterocycles. The topological polar surface area (TPSA) is 75.4 Å². The maximum Gasteiger partial charge on any atom is 0.165 e. The minimum Gasteiger partial charge on any atom is -0.324 e. The third-order valence-corrected chi connectivity index (χ3v) is 9.82. The van der Waals surface area contributed by atoms with Crippen molar-refractivity contribution in [3.63, 3.8) is 0 Å². The Kier molecular flexibility index (Phi) is 7.35. The van der Waals surface area contributed by atoms with Gasteiger partial charge in [-0.2, -0.15) is 0 Å². The van der Waals surface area contributed by atoms with Crippen molar-refractivity contribution in [2.45, 2.75) is 24.9 Å². The molecule has 2 unspecified atom stereocenters. The van der Waals surface area contributed by atoms with Gasteiger partial charge in [0.05, 0.1) is 0 Å². The minimum absolute atomic E-state index is 0.385. The second-order valence-electron chi connectivity index (χ2n) is 13.0. The summed E-state index contributed by atoms with van der Waals surface area (Å²) in [7, 11) is 0. The second kappa shape index (κ2) is 12.3. The predicted molar refractivity (Wildman–Crippen MR) is 201 cm³/mol. The van der Waals surface area contributed by atoms with Gasteiger partial charge in [-0.05, 0) is 34.6 Å². The first-order valence-corrected chi connectivity index (χ1v) is 17.1. The summed E-state index contributed by atoms with van der Waals surface area (Å²) in [6.45, 7) is 2.27. The molecule has 2 atom stereocenters. The summed E-state index contributed by atoms with van der Waals surface area (Å²) < 4.78 is 0. The number of allylic oxidation sites excluding steroid dienone is 3. The third-order valence-electron chi connectivity index (χ3n) is 9.82. The van der Waals surface area contributed by atoms with Gasteiger partial charge < -0.3 is 5.32 Å². The molecule has 2 heterocycles. The lowest BCUT2D eigenvalue weighted by Gasteiger charge is -2.38. The Bertz CT molecular complexity index is 2220. The Hall–Kier alpha value is -6.27. The van der Waals surface area contributed by atoms with Gasteiger partial charge >= 0.3 is 0 Å². The second-order valence-corrected chi connectivity index (χ2v) is 13.0. The van der Waals surface area contributed by atoms with Crippen molar-refractivity contribution >= 4 is 17.2 Å². The first-order chi connectivity index (χ1) is 24.7. The first-order valence-electron chi connectivity index (χ1n) is 17.1. The summed E-state index contributed by atoms with van der Waals surface area (Å²) in [5.41, 5.74) is 7.59. The molecule has 0 fully saturated rings. The van der Waals surface area contributed by atoms with Gasteiger partial charge in [0.15, 0.2) is 23.6 Å². The molecular weight excluding hydrogens is 613 g/mol. The Morgan fingerprint density at radius 1 is 0.560 bits per heavy atom. The highest BCUT2D eigenvalue weighted by Gasteiger charge is 2.55. The highest BCUT2D eigenvalue weighted by atomic mass is 15.2. The summed E-state index contributed by atoms with van der Waals surface area (Å²) in [5.74, 6) is 3.74. The highest BCUT2D eigenvalue weighted by Crippen LogP contribution is 2.56. The van der Waals surface area contributed by atoms with E-state index in [-0.39, 0.29) is 0 Å². The molecule has 1 aromatic heterocycles. The van der Waals surface area contributed by atoms with Crippen LogP contribution in [0.25, 0.3) is 28.3 Å². The molecule has 6 nitrogen and oxygen atoms in total. The van der Waals surface area contributed by atoms with Crippen LogP contribution in [0.4, 0.5) is 0 Å². The van der Waals surface area contributed by atoms with Crippen LogP contribution in [-0.4, -0.2) is 32.8 Å². The van der Waals surface area contributed by atoms with E-state index in [4.69, 9.17) is 24.9 Å². The molecule has 2 aliphatic carbocycles. The van der Waals surface area contributed by atoms with E-state index >= 15 is 0 Å². The summed E-state index contributed by atoms with van der Waals surface area (Å²) in [6, 6.07) is 49.6. The number of nitrogens with zero attached hydrogens (tertiary/aromatic N) is 5. The number of amidine groups is 2. The van der Waals surface area contributed by atoms with Crippen LogP contribution in [0.3, 0.4) is 0 Å². The largest absolute Gasteiger partial charge is 0.324 e. The molecule has 3 aliphatic rings. The molecule has 9 rings (SSSR count). The molecule has 5 aromatic carbocycles. The van der Waals surface area contributed by atoms with Crippen LogP contribution in [0.15, 0.2) is 173 Å².